The zero-order chi connectivity index (χ0) is 14.8. The molecule has 106 valence electrons. The van der Waals surface area contributed by atoms with Gasteiger partial charge < -0.3 is 5.32 Å². The molecule has 0 spiro atoms. The van der Waals surface area contributed by atoms with Gasteiger partial charge in [0, 0.05) is 5.38 Å². The predicted molar refractivity (Wildman–Crippen MR) is 72.1 cm³/mol. The molecule has 2 aromatic rings. The number of nitrogens with zero attached hydrogens (tertiary/aromatic N) is 2. The monoisotopic (exact) mass is 337 g/mol. The van der Waals surface area contributed by atoms with Gasteiger partial charge >= 0.3 is 5.92 Å². The number of carbonyl (C=O) groups is 1. The average Bonchev–Trinajstić information content (AvgIpc) is 2.92. The molecule has 0 aliphatic carbocycles. The molecule has 0 aliphatic rings. The fourth-order valence-electron chi connectivity index (χ4n) is 1.41. The van der Waals surface area contributed by atoms with Crippen LogP contribution in [0, 0.1) is 0 Å². The minimum absolute atomic E-state index is 0.0413. The number of alkyl halides is 2. The van der Waals surface area contributed by atoms with Crippen LogP contribution in [0.1, 0.15) is 11.3 Å². The predicted octanol–water partition coefficient (Wildman–Crippen LogP) is 3.25. The summed E-state index contributed by atoms with van der Waals surface area (Å²) in [5, 5.41) is 6.88. The summed E-state index contributed by atoms with van der Waals surface area (Å²) >= 11 is 12.4. The van der Waals surface area contributed by atoms with Gasteiger partial charge in [0.15, 0.2) is 0 Å². The standard InChI is InChI=1S/C11H7Cl2F2N3OS/c12-8-3-1-2-7(9(8)13)11(14,15)10(19)16-4-6-5-20-18-17-6/h1-3,5H,4H2,(H,16,19). The van der Waals surface area contributed by atoms with E-state index in [1.54, 1.807) is 5.38 Å². The van der Waals surface area contributed by atoms with Crippen molar-refractivity contribution in [3.8, 4) is 0 Å². The molecule has 1 amide bonds. The van der Waals surface area contributed by atoms with Crippen LogP contribution in [0.2, 0.25) is 10.0 Å². The topological polar surface area (TPSA) is 54.9 Å². The van der Waals surface area contributed by atoms with Crippen LogP contribution in [0.15, 0.2) is 23.6 Å². The van der Waals surface area contributed by atoms with E-state index in [0.29, 0.717) is 5.69 Å². The Balaban J connectivity index is 2.16. The van der Waals surface area contributed by atoms with Gasteiger partial charge in [-0.1, -0.05) is 39.8 Å². The van der Waals surface area contributed by atoms with E-state index in [1.807, 2.05) is 0 Å². The van der Waals surface area contributed by atoms with Crippen molar-refractivity contribution in [1.29, 1.82) is 0 Å². The first kappa shape index (κ1) is 15.1. The van der Waals surface area contributed by atoms with Crippen LogP contribution in [0.25, 0.3) is 0 Å². The molecule has 1 aromatic carbocycles. The first-order valence-corrected chi connectivity index (χ1v) is 6.88. The average molecular weight is 338 g/mol. The molecule has 0 radical (unpaired) electrons. The first-order valence-electron chi connectivity index (χ1n) is 5.29. The molecular formula is C11H7Cl2F2N3OS. The summed E-state index contributed by atoms with van der Waals surface area (Å²) in [6.45, 7) is -0.136. The number of nitrogens with one attached hydrogen (secondary N) is 1. The third kappa shape index (κ3) is 3.05. The third-order valence-corrected chi connectivity index (χ3v) is 3.78. The zero-order valence-corrected chi connectivity index (χ0v) is 12.1. The highest BCUT2D eigenvalue weighted by Gasteiger charge is 2.42. The van der Waals surface area contributed by atoms with E-state index in [2.05, 4.69) is 14.9 Å². The number of amides is 1. The van der Waals surface area contributed by atoms with Gasteiger partial charge in [-0.3, -0.25) is 4.79 Å². The Bertz CT molecular complexity index is 622. The normalized spacial score (nSPS) is 11.4. The van der Waals surface area contributed by atoms with E-state index in [-0.39, 0.29) is 16.6 Å². The lowest BCUT2D eigenvalue weighted by molar-refractivity contribution is -0.147. The summed E-state index contributed by atoms with van der Waals surface area (Å²) in [5.41, 5.74) is -0.239. The summed E-state index contributed by atoms with van der Waals surface area (Å²) in [4.78, 5) is 11.6. The Labute approximate surface area is 126 Å². The Morgan fingerprint density at radius 2 is 2.15 bits per heavy atom. The number of benzene rings is 1. The molecule has 1 heterocycles. The lowest BCUT2D eigenvalue weighted by Crippen LogP contribution is -2.38. The van der Waals surface area contributed by atoms with Gasteiger partial charge in [-0.25, -0.2) is 0 Å². The van der Waals surface area contributed by atoms with Crippen LogP contribution in [0.5, 0.6) is 0 Å². The second-order valence-electron chi connectivity index (χ2n) is 3.75. The fourth-order valence-corrected chi connectivity index (χ4v) is 2.28. The van der Waals surface area contributed by atoms with E-state index >= 15 is 0 Å². The van der Waals surface area contributed by atoms with Gasteiger partial charge in [0.05, 0.1) is 27.8 Å². The number of rotatable bonds is 4. The van der Waals surface area contributed by atoms with Crippen molar-refractivity contribution in [2.24, 2.45) is 0 Å². The fraction of sp³-hybridized carbons (Fsp3) is 0.182. The molecule has 0 fully saturated rings. The maximum absolute atomic E-state index is 14.0. The zero-order valence-electron chi connectivity index (χ0n) is 9.74. The minimum atomic E-state index is -3.79. The maximum Gasteiger partial charge on any atom is 0.351 e. The van der Waals surface area contributed by atoms with Crippen molar-refractivity contribution in [3.63, 3.8) is 0 Å². The lowest BCUT2D eigenvalue weighted by atomic mass is 10.1. The highest BCUT2D eigenvalue weighted by Crippen LogP contribution is 2.37. The Hall–Kier alpha value is -1.31. The third-order valence-electron chi connectivity index (χ3n) is 2.41. The molecule has 0 saturated heterocycles. The van der Waals surface area contributed by atoms with E-state index in [4.69, 9.17) is 23.2 Å². The Morgan fingerprint density at radius 1 is 1.40 bits per heavy atom. The quantitative estimate of drug-likeness (QED) is 0.931. The molecule has 2 rings (SSSR count). The van der Waals surface area contributed by atoms with Crippen molar-refractivity contribution >= 4 is 40.6 Å². The van der Waals surface area contributed by atoms with Crippen molar-refractivity contribution in [3.05, 3.63) is 44.9 Å². The molecule has 0 aliphatic heterocycles. The second kappa shape index (κ2) is 5.99. The van der Waals surface area contributed by atoms with Gasteiger partial charge in [-0.15, -0.1) is 5.10 Å². The molecule has 4 nitrogen and oxygen atoms in total. The van der Waals surface area contributed by atoms with Crippen LogP contribution in [-0.4, -0.2) is 15.5 Å². The van der Waals surface area contributed by atoms with Gasteiger partial charge in [0.2, 0.25) is 0 Å². The second-order valence-corrected chi connectivity index (χ2v) is 5.15. The van der Waals surface area contributed by atoms with Crippen molar-refractivity contribution in [2.45, 2.75) is 12.5 Å². The molecular weight excluding hydrogens is 331 g/mol. The van der Waals surface area contributed by atoms with Crippen molar-refractivity contribution in [2.75, 3.05) is 0 Å². The van der Waals surface area contributed by atoms with Crippen LogP contribution in [-0.2, 0) is 17.3 Å². The number of carbonyl (C=O) groups excluding carboxylic acids is 1. The molecule has 20 heavy (non-hydrogen) atoms. The number of hydrogen-bond donors (Lipinski definition) is 1. The van der Waals surface area contributed by atoms with Crippen LogP contribution < -0.4 is 5.32 Å². The summed E-state index contributed by atoms with van der Waals surface area (Å²) in [6.07, 6.45) is 0. The van der Waals surface area contributed by atoms with E-state index < -0.39 is 17.4 Å². The first-order chi connectivity index (χ1) is 9.43. The van der Waals surface area contributed by atoms with Gasteiger partial charge in [-0.2, -0.15) is 8.78 Å². The molecule has 1 N–H and O–H groups in total. The summed E-state index contributed by atoms with van der Waals surface area (Å²) < 4.78 is 31.6. The van der Waals surface area contributed by atoms with E-state index in [1.165, 1.54) is 12.1 Å². The Morgan fingerprint density at radius 3 is 2.80 bits per heavy atom. The SMILES string of the molecule is O=C(NCc1csnn1)C(F)(F)c1cccc(Cl)c1Cl. The van der Waals surface area contributed by atoms with Crippen LogP contribution >= 0.6 is 34.7 Å². The summed E-state index contributed by atoms with van der Waals surface area (Å²) in [7, 11) is 0. The largest absolute Gasteiger partial charge is 0.351 e. The summed E-state index contributed by atoms with van der Waals surface area (Å²) in [5.74, 6) is -5.26. The molecule has 0 saturated carbocycles. The van der Waals surface area contributed by atoms with Crippen LogP contribution in [0.4, 0.5) is 8.78 Å². The van der Waals surface area contributed by atoms with E-state index in [0.717, 1.165) is 17.6 Å². The number of hydrogen-bond acceptors (Lipinski definition) is 4. The van der Waals surface area contributed by atoms with Crippen molar-refractivity contribution in [1.82, 2.24) is 14.9 Å². The molecule has 1 aromatic heterocycles. The number of aromatic nitrogens is 2. The summed E-state index contributed by atoms with van der Waals surface area (Å²) in [6, 6.07) is 3.72. The smallest absolute Gasteiger partial charge is 0.345 e. The molecule has 0 bridgehead atoms. The highest BCUT2D eigenvalue weighted by atomic mass is 35.5. The van der Waals surface area contributed by atoms with E-state index in [9.17, 15) is 13.6 Å². The molecule has 0 atom stereocenters. The lowest BCUT2D eigenvalue weighted by Gasteiger charge is -2.17. The van der Waals surface area contributed by atoms with Gasteiger partial charge in [-0.05, 0) is 17.6 Å². The molecule has 0 unspecified atom stereocenters. The van der Waals surface area contributed by atoms with Gasteiger partial charge in [0.25, 0.3) is 5.91 Å². The van der Waals surface area contributed by atoms with Crippen LogP contribution in [0.3, 0.4) is 0 Å². The maximum atomic E-state index is 14.0. The van der Waals surface area contributed by atoms with Crippen molar-refractivity contribution < 1.29 is 13.6 Å². The van der Waals surface area contributed by atoms with Gasteiger partial charge in [0.1, 0.15) is 0 Å². The highest BCUT2D eigenvalue weighted by molar-refractivity contribution is 7.03. The molecule has 9 heteroatoms. The number of halogens is 4. The Kier molecular flexibility index (Phi) is 4.52. The minimum Gasteiger partial charge on any atom is -0.345 e.